The van der Waals surface area contributed by atoms with E-state index in [1.807, 2.05) is 6.07 Å². The summed E-state index contributed by atoms with van der Waals surface area (Å²) in [5.74, 6) is 0. The van der Waals surface area contributed by atoms with Crippen molar-refractivity contribution in [3.63, 3.8) is 0 Å². The minimum Gasteiger partial charge on any atom is -0.383 e. The average Bonchev–Trinajstić information content (AvgIpc) is 2.07. The van der Waals surface area contributed by atoms with Crippen LogP contribution in [-0.2, 0) is 0 Å². The largest absolute Gasteiger partial charge is 0.383 e. The molecule has 0 aromatic heterocycles. The van der Waals surface area contributed by atoms with E-state index in [2.05, 4.69) is 5.32 Å². The van der Waals surface area contributed by atoms with Gasteiger partial charge >= 0.3 is 0 Å². The summed E-state index contributed by atoms with van der Waals surface area (Å²) in [6.07, 6.45) is 0.920. The molecule has 0 radical (unpaired) electrons. The number of anilines is 1. The highest BCUT2D eigenvalue weighted by Crippen LogP contribution is 2.36. The van der Waals surface area contributed by atoms with Crippen molar-refractivity contribution < 1.29 is 0 Å². The number of hydrogen-bond acceptors (Lipinski definition) is 2. The molecule has 0 aliphatic carbocycles. The summed E-state index contributed by atoms with van der Waals surface area (Å²) in [7, 11) is 0. The number of halogens is 2. The fraction of sp³-hybridized carbons (Fsp3) is 0.333. The molecule has 1 aliphatic heterocycles. The van der Waals surface area contributed by atoms with E-state index in [1.54, 1.807) is 6.07 Å². The summed E-state index contributed by atoms with van der Waals surface area (Å²) in [5.41, 5.74) is 7.88. The maximum atomic E-state index is 6.01. The Labute approximate surface area is 87.0 Å². The standard InChI is InChI=1S/C9H10Cl2N2/c10-5-3-6-8(12)1-2-13-9(6)7(11)4-5/h3-4,8,13H,1-2,12H2. The van der Waals surface area contributed by atoms with Crippen molar-refractivity contribution in [2.24, 2.45) is 5.73 Å². The van der Waals surface area contributed by atoms with Crippen LogP contribution in [0.3, 0.4) is 0 Å². The SMILES string of the molecule is NC1CCNc2c(Cl)cc(Cl)cc21. The fourth-order valence-corrected chi connectivity index (χ4v) is 2.16. The lowest BCUT2D eigenvalue weighted by Gasteiger charge is -2.24. The second-order valence-corrected chi connectivity index (χ2v) is 4.02. The van der Waals surface area contributed by atoms with Crippen molar-refractivity contribution in [2.45, 2.75) is 12.5 Å². The Morgan fingerprint density at radius 2 is 2.15 bits per heavy atom. The molecule has 1 aliphatic rings. The third-order valence-corrected chi connectivity index (χ3v) is 2.76. The highest BCUT2D eigenvalue weighted by atomic mass is 35.5. The molecule has 0 spiro atoms. The van der Waals surface area contributed by atoms with Gasteiger partial charge in [0.2, 0.25) is 0 Å². The Morgan fingerprint density at radius 1 is 1.38 bits per heavy atom. The second-order valence-electron chi connectivity index (χ2n) is 3.17. The van der Waals surface area contributed by atoms with Gasteiger partial charge in [-0.1, -0.05) is 23.2 Å². The smallest absolute Gasteiger partial charge is 0.0655 e. The van der Waals surface area contributed by atoms with Crippen molar-refractivity contribution in [3.8, 4) is 0 Å². The molecule has 1 atom stereocenters. The van der Waals surface area contributed by atoms with Crippen LogP contribution in [0.5, 0.6) is 0 Å². The van der Waals surface area contributed by atoms with Crippen LogP contribution in [0.1, 0.15) is 18.0 Å². The lowest BCUT2D eigenvalue weighted by molar-refractivity contribution is 0.655. The van der Waals surface area contributed by atoms with Gasteiger partial charge in [0.1, 0.15) is 0 Å². The molecular weight excluding hydrogens is 207 g/mol. The maximum absolute atomic E-state index is 6.01. The Kier molecular flexibility index (Phi) is 2.37. The van der Waals surface area contributed by atoms with Gasteiger partial charge < -0.3 is 11.1 Å². The summed E-state index contributed by atoms with van der Waals surface area (Å²) in [4.78, 5) is 0. The Balaban J connectivity index is 2.56. The van der Waals surface area contributed by atoms with E-state index in [1.165, 1.54) is 0 Å². The number of hydrogen-bond donors (Lipinski definition) is 2. The van der Waals surface area contributed by atoms with Crippen LogP contribution >= 0.6 is 23.2 Å². The quantitative estimate of drug-likeness (QED) is 0.701. The summed E-state index contributed by atoms with van der Waals surface area (Å²) in [6, 6.07) is 3.65. The van der Waals surface area contributed by atoms with Crippen molar-refractivity contribution in [1.29, 1.82) is 0 Å². The van der Waals surface area contributed by atoms with Gasteiger partial charge in [-0.05, 0) is 24.1 Å². The second kappa shape index (κ2) is 3.37. The van der Waals surface area contributed by atoms with Crippen LogP contribution in [0.4, 0.5) is 5.69 Å². The Bertz CT molecular complexity index is 339. The van der Waals surface area contributed by atoms with Gasteiger partial charge in [-0.15, -0.1) is 0 Å². The predicted octanol–water partition coefficient (Wildman–Crippen LogP) is 2.81. The van der Waals surface area contributed by atoms with E-state index in [4.69, 9.17) is 28.9 Å². The summed E-state index contributed by atoms with van der Waals surface area (Å²) < 4.78 is 0. The summed E-state index contributed by atoms with van der Waals surface area (Å²) in [6.45, 7) is 0.871. The average molecular weight is 217 g/mol. The maximum Gasteiger partial charge on any atom is 0.0655 e. The lowest BCUT2D eigenvalue weighted by atomic mass is 9.99. The molecule has 0 saturated carbocycles. The molecule has 0 amide bonds. The molecule has 2 rings (SSSR count). The molecule has 1 aromatic carbocycles. The van der Waals surface area contributed by atoms with Crippen LogP contribution in [-0.4, -0.2) is 6.54 Å². The molecule has 3 N–H and O–H groups in total. The Morgan fingerprint density at radius 3 is 2.92 bits per heavy atom. The van der Waals surface area contributed by atoms with E-state index in [-0.39, 0.29) is 6.04 Å². The minimum absolute atomic E-state index is 0.0486. The van der Waals surface area contributed by atoms with E-state index >= 15 is 0 Å². The van der Waals surface area contributed by atoms with E-state index in [9.17, 15) is 0 Å². The zero-order chi connectivity index (χ0) is 9.42. The van der Waals surface area contributed by atoms with Gasteiger partial charge in [0.25, 0.3) is 0 Å². The van der Waals surface area contributed by atoms with Crippen LogP contribution in [0, 0.1) is 0 Å². The topological polar surface area (TPSA) is 38.0 Å². The summed E-state index contributed by atoms with van der Waals surface area (Å²) in [5, 5.41) is 4.51. The molecule has 1 unspecified atom stereocenters. The lowest BCUT2D eigenvalue weighted by Crippen LogP contribution is -2.22. The number of nitrogens with one attached hydrogen (secondary N) is 1. The van der Waals surface area contributed by atoms with Crippen LogP contribution in [0.25, 0.3) is 0 Å². The molecule has 0 fully saturated rings. The molecule has 1 heterocycles. The summed E-state index contributed by atoms with van der Waals surface area (Å²) >= 11 is 11.9. The minimum atomic E-state index is 0.0486. The number of fused-ring (bicyclic) bond motifs is 1. The fourth-order valence-electron chi connectivity index (χ4n) is 1.58. The first-order chi connectivity index (χ1) is 6.18. The van der Waals surface area contributed by atoms with Gasteiger partial charge in [-0.3, -0.25) is 0 Å². The predicted molar refractivity (Wildman–Crippen MR) is 56.5 cm³/mol. The molecule has 2 nitrogen and oxygen atoms in total. The first-order valence-corrected chi connectivity index (χ1v) is 4.92. The van der Waals surface area contributed by atoms with Gasteiger partial charge in [-0.25, -0.2) is 0 Å². The van der Waals surface area contributed by atoms with E-state index < -0.39 is 0 Å². The van der Waals surface area contributed by atoms with E-state index in [0.29, 0.717) is 10.0 Å². The zero-order valence-corrected chi connectivity index (χ0v) is 8.49. The van der Waals surface area contributed by atoms with Crippen molar-refractivity contribution >= 4 is 28.9 Å². The van der Waals surface area contributed by atoms with Crippen LogP contribution < -0.4 is 11.1 Å². The number of benzene rings is 1. The van der Waals surface area contributed by atoms with Gasteiger partial charge in [0.05, 0.1) is 10.7 Å². The number of nitrogens with two attached hydrogens (primary N) is 1. The normalized spacial score (nSPS) is 20.7. The Hall–Kier alpha value is -0.440. The molecule has 13 heavy (non-hydrogen) atoms. The monoisotopic (exact) mass is 216 g/mol. The highest BCUT2D eigenvalue weighted by Gasteiger charge is 2.19. The molecule has 70 valence electrons. The third kappa shape index (κ3) is 1.62. The molecular formula is C9H10Cl2N2. The van der Waals surface area contributed by atoms with Crippen LogP contribution in [0.15, 0.2) is 12.1 Å². The third-order valence-electron chi connectivity index (χ3n) is 2.24. The van der Waals surface area contributed by atoms with Crippen molar-refractivity contribution in [3.05, 3.63) is 27.7 Å². The zero-order valence-electron chi connectivity index (χ0n) is 6.98. The van der Waals surface area contributed by atoms with Gasteiger partial charge in [0, 0.05) is 17.6 Å². The first-order valence-electron chi connectivity index (χ1n) is 4.17. The first kappa shape index (κ1) is 9.13. The molecule has 0 bridgehead atoms. The number of rotatable bonds is 0. The molecule has 4 heteroatoms. The van der Waals surface area contributed by atoms with Crippen molar-refractivity contribution in [2.75, 3.05) is 11.9 Å². The van der Waals surface area contributed by atoms with Crippen LogP contribution in [0.2, 0.25) is 10.0 Å². The highest BCUT2D eigenvalue weighted by molar-refractivity contribution is 6.36. The molecule has 0 saturated heterocycles. The van der Waals surface area contributed by atoms with Gasteiger partial charge in [0.15, 0.2) is 0 Å². The van der Waals surface area contributed by atoms with Crippen molar-refractivity contribution in [1.82, 2.24) is 0 Å². The molecule has 1 aromatic rings. The van der Waals surface area contributed by atoms with E-state index in [0.717, 1.165) is 24.2 Å². The van der Waals surface area contributed by atoms with Gasteiger partial charge in [-0.2, -0.15) is 0 Å².